The molecular weight excluding hydrogens is 296 g/mol. The van der Waals surface area contributed by atoms with Gasteiger partial charge in [-0.25, -0.2) is 0 Å². The minimum atomic E-state index is 0.100. The second-order valence-corrected chi connectivity index (χ2v) is 6.81. The average molecular weight is 322 g/mol. The van der Waals surface area contributed by atoms with Gasteiger partial charge in [-0.05, 0) is 47.6 Å². The standard InChI is InChI=1S/C22H26O2/c1-3-4-16-5-14-21(22(23)15-16)19-8-6-17(7-9-19)18-10-12-20(24-2)13-11-18/h6-13,16,21H,3-5,14-15H2,1-2H3. The van der Waals surface area contributed by atoms with Gasteiger partial charge in [-0.3, -0.25) is 4.79 Å². The van der Waals surface area contributed by atoms with Gasteiger partial charge in [-0.15, -0.1) is 0 Å². The molecule has 24 heavy (non-hydrogen) atoms. The molecule has 2 aromatic rings. The maximum Gasteiger partial charge on any atom is 0.140 e. The largest absolute Gasteiger partial charge is 0.497 e. The van der Waals surface area contributed by atoms with E-state index in [1.54, 1.807) is 7.11 Å². The van der Waals surface area contributed by atoms with Gasteiger partial charge in [0.15, 0.2) is 0 Å². The van der Waals surface area contributed by atoms with E-state index in [-0.39, 0.29) is 5.92 Å². The van der Waals surface area contributed by atoms with Crippen molar-refractivity contribution in [3.63, 3.8) is 0 Å². The first-order valence-electron chi connectivity index (χ1n) is 8.98. The molecular formula is C22H26O2. The summed E-state index contributed by atoms with van der Waals surface area (Å²) in [6.45, 7) is 2.20. The van der Waals surface area contributed by atoms with E-state index in [0.29, 0.717) is 11.7 Å². The number of ether oxygens (including phenoxy) is 1. The Balaban J connectivity index is 1.71. The number of hydrogen-bond donors (Lipinski definition) is 0. The minimum absolute atomic E-state index is 0.100. The van der Waals surface area contributed by atoms with Crippen LogP contribution < -0.4 is 4.74 Å². The van der Waals surface area contributed by atoms with Crippen molar-refractivity contribution in [1.29, 1.82) is 0 Å². The third-order valence-electron chi connectivity index (χ3n) is 5.18. The summed E-state index contributed by atoms with van der Waals surface area (Å²) >= 11 is 0. The topological polar surface area (TPSA) is 26.3 Å². The Labute approximate surface area is 144 Å². The second kappa shape index (κ2) is 7.65. The van der Waals surface area contributed by atoms with Crippen molar-refractivity contribution in [1.82, 2.24) is 0 Å². The zero-order valence-electron chi connectivity index (χ0n) is 14.6. The molecule has 2 unspecified atom stereocenters. The van der Waals surface area contributed by atoms with Crippen LogP contribution in [0.3, 0.4) is 0 Å². The Morgan fingerprint density at radius 2 is 1.58 bits per heavy atom. The molecule has 0 aliphatic heterocycles. The number of rotatable bonds is 5. The van der Waals surface area contributed by atoms with Gasteiger partial charge in [-0.1, -0.05) is 56.2 Å². The highest BCUT2D eigenvalue weighted by Crippen LogP contribution is 2.35. The third-order valence-corrected chi connectivity index (χ3v) is 5.18. The molecule has 2 heteroatoms. The summed E-state index contributed by atoms with van der Waals surface area (Å²) in [7, 11) is 1.68. The number of hydrogen-bond acceptors (Lipinski definition) is 2. The lowest BCUT2D eigenvalue weighted by atomic mass is 9.76. The van der Waals surface area contributed by atoms with Crippen molar-refractivity contribution in [2.45, 2.75) is 44.9 Å². The second-order valence-electron chi connectivity index (χ2n) is 6.81. The van der Waals surface area contributed by atoms with Crippen molar-refractivity contribution in [2.24, 2.45) is 5.92 Å². The summed E-state index contributed by atoms with van der Waals surface area (Å²) in [5.41, 5.74) is 3.51. The van der Waals surface area contributed by atoms with E-state index in [1.807, 2.05) is 12.1 Å². The zero-order valence-corrected chi connectivity index (χ0v) is 14.6. The van der Waals surface area contributed by atoms with Crippen molar-refractivity contribution in [3.05, 3.63) is 54.1 Å². The van der Waals surface area contributed by atoms with Crippen LogP contribution >= 0.6 is 0 Å². The number of carbonyl (C=O) groups is 1. The van der Waals surface area contributed by atoms with E-state index >= 15 is 0 Å². The number of carbonyl (C=O) groups excluding carboxylic acids is 1. The lowest BCUT2D eigenvalue weighted by Gasteiger charge is -2.27. The zero-order chi connectivity index (χ0) is 16.9. The van der Waals surface area contributed by atoms with Gasteiger partial charge in [0.1, 0.15) is 11.5 Å². The Hall–Kier alpha value is -2.09. The molecule has 0 aromatic heterocycles. The maximum atomic E-state index is 12.5. The summed E-state index contributed by atoms with van der Waals surface area (Å²) in [5.74, 6) is 2.00. The lowest BCUT2D eigenvalue weighted by Crippen LogP contribution is -2.23. The molecule has 1 saturated carbocycles. The van der Waals surface area contributed by atoms with Crippen LogP contribution in [0.25, 0.3) is 11.1 Å². The first kappa shape index (κ1) is 16.8. The Kier molecular flexibility index (Phi) is 5.34. The van der Waals surface area contributed by atoms with E-state index in [1.165, 1.54) is 36.0 Å². The molecule has 126 valence electrons. The highest BCUT2D eigenvalue weighted by atomic mass is 16.5. The van der Waals surface area contributed by atoms with E-state index in [2.05, 4.69) is 43.3 Å². The van der Waals surface area contributed by atoms with Gasteiger partial charge < -0.3 is 4.74 Å². The molecule has 2 aromatic carbocycles. The number of methoxy groups -OCH3 is 1. The summed E-state index contributed by atoms with van der Waals surface area (Å²) in [6, 6.07) is 16.6. The molecule has 0 spiro atoms. The molecule has 0 radical (unpaired) electrons. The van der Waals surface area contributed by atoms with Crippen LogP contribution in [0.4, 0.5) is 0 Å². The quantitative estimate of drug-likeness (QED) is 0.714. The number of ketones is 1. The van der Waals surface area contributed by atoms with Gasteiger partial charge in [0.2, 0.25) is 0 Å². The summed E-state index contributed by atoms with van der Waals surface area (Å²) in [5, 5.41) is 0. The van der Waals surface area contributed by atoms with Crippen LogP contribution in [-0.4, -0.2) is 12.9 Å². The predicted octanol–water partition coefficient (Wildman–Crippen LogP) is 5.62. The molecule has 0 bridgehead atoms. The molecule has 2 atom stereocenters. The third kappa shape index (κ3) is 3.69. The fraction of sp³-hybridized carbons (Fsp3) is 0.409. The molecule has 1 fully saturated rings. The van der Waals surface area contributed by atoms with E-state index < -0.39 is 0 Å². The van der Waals surface area contributed by atoms with Gasteiger partial charge >= 0.3 is 0 Å². The molecule has 3 rings (SSSR count). The Bertz CT molecular complexity index is 670. The molecule has 1 aliphatic carbocycles. The number of benzene rings is 2. The first-order chi connectivity index (χ1) is 11.7. The van der Waals surface area contributed by atoms with E-state index in [0.717, 1.165) is 18.6 Å². The minimum Gasteiger partial charge on any atom is -0.497 e. The summed E-state index contributed by atoms with van der Waals surface area (Å²) in [4.78, 5) is 12.5. The van der Waals surface area contributed by atoms with Crippen molar-refractivity contribution in [2.75, 3.05) is 7.11 Å². The van der Waals surface area contributed by atoms with Crippen LogP contribution in [0.15, 0.2) is 48.5 Å². The molecule has 0 saturated heterocycles. The van der Waals surface area contributed by atoms with Crippen LogP contribution in [0.1, 0.15) is 50.5 Å². The van der Waals surface area contributed by atoms with Gasteiger partial charge in [0, 0.05) is 12.3 Å². The molecule has 0 amide bonds. The summed E-state index contributed by atoms with van der Waals surface area (Å²) < 4.78 is 5.20. The van der Waals surface area contributed by atoms with Crippen LogP contribution in [0, 0.1) is 5.92 Å². The van der Waals surface area contributed by atoms with E-state index in [9.17, 15) is 4.79 Å². The first-order valence-corrected chi connectivity index (χ1v) is 8.98. The highest BCUT2D eigenvalue weighted by Gasteiger charge is 2.29. The van der Waals surface area contributed by atoms with Crippen molar-refractivity contribution < 1.29 is 9.53 Å². The Morgan fingerprint density at radius 1 is 0.958 bits per heavy atom. The molecule has 0 N–H and O–H groups in total. The lowest BCUT2D eigenvalue weighted by molar-refractivity contribution is -0.123. The van der Waals surface area contributed by atoms with E-state index in [4.69, 9.17) is 4.74 Å². The molecule has 2 nitrogen and oxygen atoms in total. The highest BCUT2D eigenvalue weighted by molar-refractivity contribution is 5.86. The van der Waals surface area contributed by atoms with Crippen LogP contribution in [-0.2, 0) is 4.79 Å². The monoisotopic (exact) mass is 322 g/mol. The smallest absolute Gasteiger partial charge is 0.140 e. The van der Waals surface area contributed by atoms with Gasteiger partial charge in [0.05, 0.1) is 7.11 Å². The predicted molar refractivity (Wildman–Crippen MR) is 98.4 cm³/mol. The maximum absolute atomic E-state index is 12.5. The SMILES string of the molecule is CCCC1CCC(c2ccc(-c3ccc(OC)cc3)cc2)C(=O)C1. The number of Topliss-reactive ketones (excluding diaryl/α,β-unsaturated/α-hetero) is 1. The normalized spacial score (nSPS) is 20.8. The average Bonchev–Trinajstić information content (AvgIpc) is 2.62. The van der Waals surface area contributed by atoms with Gasteiger partial charge in [-0.2, -0.15) is 0 Å². The van der Waals surface area contributed by atoms with Crippen molar-refractivity contribution >= 4 is 5.78 Å². The van der Waals surface area contributed by atoms with Crippen molar-refractivity contribution in [3.8, 4) is 16.9 Å². The van der Waals surface area contributed by atoms with Gasteiger partial charge in [0.25, 0.3) is 0 Å². The Morgan fingerprint density at radius 3 is 2.12 bits per heavy atom. The fourth-order valence-corrected chi connectivity index (χ4v) is 3.79. The summed E-state index contributed by atoms with van der Waals surface area (Å²) in [6.07, 6.45) is 5.32. The van der Waals surface area contributed by atoms with Crippen LogP contribution in [0.2, 0.25) is 0 Å². The molecule has 0 heterocycles. The van der Waals surface area contributed by atoms with Crippen LogP contribution in [0.5, 0.6) is 5.75 Å². The molecule has 1 aliphatic rings. The fourth-order valence-electron chi connectivity index (χ4n) is 3.79.